The van der Waals surface area contributed by atoms with E-state index in [2.05, 4.69) is 4.90 Å². The van der Waals surface area contributed by atoms with E-state index < -0.39 is 23.7 Å². The van der Waals surface area contributed by atoms with Gasteiger partial charge in [0.15, 0.2) is 0 Å². The second-order valence-corrected chi connectivity index (χ2v) is 8.82. The van der Waals surface area contributed by atoms with Gasteiger partial charge in [-0.15, -0.1) is 0 Å². The second-order valence-electron chi connectivity index (χ2n) is 8.82. The number of ether oxygens (including phenoxy) is 2. The standard InChI is InChI=1S/C28H34N2O6/c1-7-29(8-2)13-14-30-25(20-9-11-21(12-10-20)36-19(5)31)24(27(33)28(30)34)26(32)22-15-18(4)23(35-6)16-17(22)3/h9-12,15-16,25,32H,7-8,13-14H2,1-6H3/b26-24+. The normalized spacial score (nSPS) is 17.1. The minimum atomic E-state index is -0.784. The quantitative estimate of drug-likeness (QED) is 0.185. The molecule has 192 valence electrons. The van der Waals surface area contributed by atoms with Crippen LogP contribution in [-0.4, -0.2) is 65.9 Å². The summed E-state index contributed by atoms with van der Waals surface area (Å²) in [5.74, 6) is -1.03. The number of nitrogens with zero attached hydrogens (tertiary/aromatic N) is 2. The molecule has 0 aliphatic carbocycles. The van der Waals surface area contributed by atoms with Crippen LogP contribution in [-0.2, 0) is 14.4 Å². The highest BCUT2D eigenvalue weighted by atomic mass is 16.5. The van der Waals surface area contributed by atoms with Gasteiger partial charge in [0.1, 0.15) is 17.3 Å². The van der Waals surface area contributed by atoms with Crippen molar-refractivity contribution in [3.8, 4) is 11.5 Å². The molecule has 1 heterocycles. The van der Waals surface area contributed by atoms with Crippen LogP contribution in [0.4, 0.5) is 0 Å². The number of carbonyl (C=O) groups excluding carboxylic acids is 3. The molecule has 3 rings (SSSR count). The summed E-state index contributed by atoms with van der Waals surface area (Å²) >= 11 is 0. The van der Waals surface area contributed by atoms with Crippen molar-refractivity contribution in [3.05, 3.63) is 64.2 Å². The van der Waals surface area contributed by atoms with Gasteiger partial charge in [0.2, 0.25) is 0 Å². The number of hydrogen-bond acceptors (Lipinski definition) is 7. The molecule has 1 aliphatic heterocycles. The maximum Gasteiger partial charge on any atom is 0.308 e. The molecule has 1 amide bonds. The Kier molecular flexibility index (Phi) is 8.53. The number of likely N-dealkylation sites (tertiary alicyclic amines) is 1. The minimum Gasteiger partial charge on any atom is -0.507 e. The first-order valence-electron chi connectivity index (χ1n) is 12.1. The molecule has 36 heavy (non-hydrogen) atoms. The summed E-state index contributed by atoms with van der Waals surface area (Å²) in [4.78, 5) is 41.5. The molecule has 0 spiro atoms. The van der Waals surface area contributed by atoms with Crippen molar-refractivity contribution >= 4 is 23.4 Å². The summed E-state index contributed by atoms with van der Waals surface area (Å²) in [6.45, 7) is 11.6. The van der Waals surface area contributed by atoms with Crippen molar-refractivity contribution < 1.29 is 29.0 Å². The first-order valence-corrected chi connectivity index (χ1v) is 12.1. The fraction of sp³-hybridized carbons (Fsp3) is 0.393. The van der Waals surface area contributed by atoms with Gasteiger partial charge in [0.05, 0.1) is 18.7 Å². The van der Waals surface area contributed by atoms with Crippen LogP contribution < -0.4 is 9.47 Å². The summed E-state index contributed by atoms with van der Waals surface area (Å²) < 4.78 is 10.5. The highest BCUT2D eigenvalue weighted by Gasteiger charge is 2.46. The number of esters is 1. The molecule has 2 aromatic carbocycles. The zero-order valence-electron chi connectivity index (χ0n) is 21.8. The van der Waals surface area contributed by atoms with Crippen LogP contribution in [0.2, 0.25) is 0 Å². The molecule has 2 aromatic rings. The van der Waals surface area contributed by atoms with Crippen molar-refractivity contribution in [1.82, 2.24) is 9.80 Å². The summed E-state index contributed by atoms with van der Waals surface area (Å²) in [5.41, 5.74) is 2.65. The van der Waals surface area contributed by atoms with Crippen LogP contribution in [0.25, 0.3) is 5.76 Å². The van der Waals surface area contributed by atoms with Crippen LogP contribution in [0.15, 0.2) is 42.0 Å². The number of methoxy groups -OCH3 is 1. The first kappa shape index (κ1) is 26.9. The number of rotatable bonds is 9. The second kappa shape index (κ2) is 11.4. The van der Waals surface area contributed by atoms with Gasteiger partial charge < -0.3 is 24.4 Å². The summed E-state index contributed by atoms with van der Waals surface area (Å²) in [5, 5.41) is 11.4. The van der Waals surface area contributed by atoms with E-state index in [1.54, 1.807) is 43.5 Å². The Morgan fingerprint density at radius 3 is 2.25 bits per heavy atom. The zero-order valence-corrected chi connectivity index (χ0v) is 21.8. The van der Waals surface area contributed by atoms with Gasteiger partial charge in [-0.25, -0.2) is 0 Å². The Morgan fingerprint density at radius 2 is 1.69 bits per heavy atom. The molecule has 0 aromatic heterocycles. The number of aliphatic hydroxyl groups is 1. The number of amides is 1. The summed E-state index contributed by atoms with van der Waals surface area (Å²) in [7, 11) is 1.57. The molecule has 1 saturated heterocycles. The van der Waals surface area contributed by atoms with Gasteiger partial charge in [-0.2, -0.15) is 0 Å². The van der Waals surface area contributed by atoms with Crippen LogP contribution in [0.1, 0.15) is 49.1 Å². The lowest BCUT2D eigenvalue weighted by Crippen LogP contribution is -2.38. The van der Waals surface area contributed by atoms with Crippen molar-refractivity contribution in [1.29, 1.82) is 0 Å². The Morgan fingerprint density at radius 1 is 1.06 bits per heavy atom. The molecule has 1 atom stereocenters. The van der Waals surface area contributed by atoms with Crippen molar-refractivity contribution in [2.75, 3.05) is 33.3 Å². The predicted molar refractivity (Wildman–Crippen MR) is 137 cm³/mol. The number of likely N-dealkylation sites (N-methyl/N-ethyl adjacent to an activating group) is 1. The summed E-state index contributed by atoms with van der Waals surface area (Å²) in [6.07, 6.45) is 0. The van der Waals surface area contributed by atoms with E-state index in [1.165, 1.54) is 11.8 Å². The lowest BCUT2D eigenvalue weighted by Gasteiger charge is -2.28. The van der Waals surface area contributed by atoms with E-state index >= 15 is 0 Å². The molecule has 0 bridgehead atoms. The van der Waals surface area contributed by atoms with Gasteiger partial charge in [-0.1, -0.05) is 26.0 Å². The number of benzene rings is 2. The fourth-order valence-electron chi connectivity index (χ4n) is 4.54. The Labute approximate surface area is 212 Å². The van der Waals surface area contributed by atoms with Gasteiger partial charge in [0.25, 0.3) is 11.7 Å². The topological polar surface area (TPSA) is 96.4 Å². The summed E-state index contributed by atoms with van der Waals surface area (Å²) in [6, 6.07) is 9.41. The van der Waals surface area contributed by atoms with E-state index in [9.17, 15) is 19.5 Å². The van der Waals surface area contributed by atoms with E-state index in [1.807, 2.05) is 27.7 Å². The number of aryl methyl sites for hydroxylation is 2. The third-order valence-electron chi connectivity index (χ3n) is 6.55. The van der Waals surface area contributed by atoms with Crippen LogP contribution in [0.5, 0.6) is 11.5 Å². The molecule has 1 aliphatic rings. The highest BCUT2D eigenvalue weighted by Crippen LogP contribution is 2.41. The average molecular weight is 495 g/mol. The number of ketones is 1. The van der Waals surface area contributed by atoms with Crippen LogP contribution in [0.3, 0.4) is 0 Å². The smallest absolute Gasteiger partial charge is 0.308 e. The predicted octanol–water partition coefficient (Wildman–Crippen LogP) is 4.00. The minimum absolute atomic E-state index is 0.0347. The molecule has 1 N–H and O–H groups in total. The molecule has 1 unspecified atom stereocenters. The Balaban J connectivity index is 2.14. The van der Waals surface area contributed by atoms with Gasteiger partial charge >= 0.3 is 5.97 Å². The lowest BCUT2D eigenvalue weighted by atomic mass is 9.93. The van der Waals surface area contributed by atoms with Crippen molar-refractivity contribution in [3.63, 3.8) is 0 Å². The van der Waals surface area contributed by atoms with Crippen LogP contribution in [0, 0.1) is 13.8 Å². The molecular weight excluding hydrogens is 460 g/mol. The van der Waals surface area contributed by atoms with Gasteiger partial charge in [-0.05, 0) is 67.9 Å². The monoisotopic (exact) mass is 494 g/mol. The molecule has 8 heteroatoms. The van der Waals surface area contributed by atoms with Crippen molar-refractivity contribution in [2.24, 2.45) is 0 Å². The number of aliphatic hydroxyl groups excluding tert-OH is 1. The van der Waals surface area contributed by atoms with E-state index in [0.29, 0.717) is 41.3 Å². The molecule has 8 nitrogen and oxygen atoms in total. The van der Waals surface area contributed by atoms with Gasteiger partial charge in [-0.3, -0.25) is 14.4 Å². The third kappa shape index (κ3) is 5.44. The number of Topliss-reactive ketones (excluding diaryl/α,β-unsaturated/α-hetero) is 1. The van der Waals surface area contributed by atoms with Crippen molar-refractivity contribution in [2.45, 2.75) is 40.7 Å². The molecule has 1 fully saturated rings. The maximum atomic E-state index is 13.3. The lowest BCUT2D eigenvalue weighted by molar-refractivity contribution is -0.140. The number of carbonyl (C=O) groups is 3. The molecule has 0 radical (unpaired) electrons. The van der Waals surface area contributed by atoms with Gasteiger partial charge in [0, 0.05) is 25.6 Å². The largest absolute Gasteiger partial charge is 0.507 e. The maximum absolute atomic E-state index is 13.3. The van der Waals surface area contributed by atoms with E-state index in [4.69, 9.17) is 9.47 Å². The fourth-order valence-corrected chi connectivity index (χ4v) is 4.54. The highest BCUT2D eigenvalue weighted by molar-refractivity contribution is 6.46. The Hall–Kier alpha value is -3.65. The molecule has 0 saturated carbocycles. The van der Waals surface area contributed by atoms with E-state index in [0.717, 1.165) is 18.7 Å². The van der Waals surface area contributed by atoms with Crippen LogP contribution >= 0.6 is 0 Å². The SMILES string of the molecule is CCN(CC)CCN1C(=O)C(=O)/C(=C(/O)c2cc(C)c(OC)cc2C)C1c1ccc(OC(C)=O)cc1. The Bertz CT molecular complexity index is 1180. The zero-order chi connectivity index (χ0) is 26.6. The molecular formula is C28H34N2O6. The number of hydrogen-bond donors (Lipinski definition) is 1. The third-order valence-corrected chi connectivity index (χ3v) is 6.55. The average Bonchev–Trinajstić information content (AvgIpc) is 3.10. The first-order chi connectivity index (χ1) is 17.1. The van der Waals surface area contributed by atoms with E-state index in [-0.39, 0.29) is 11.3 Å².